The molecule has 0 spiro atoms. The van der Waals surface area contributed by atoms with Gasteiger partial charge in [0.05, 0.1) is 18.1 Å². The summed E-state index contributed by atoms with van der Waals surface area (Å²) in [6.07, 6.45) is 6.85. The molecule has 3 aromatic heterocycles. The molecule has 0 saturated heterocycles. The molecule has 0 unspecified atom stereocenters. The number of aromatic nitrogens is 5. The van der Waals surface area contributed by atoms with Crippen LogP contribution >= 0.6 is 0 Å². The minimum Gasteiger partial charge on any atom is -0.264 e. The minimum absolute atomic E-state index is 0.697. The summed E-state index contributed by atoms with van der Waals surface area (Å²) in [5.74, 6) is 0. The van der Waals surface area contributed by atoms with E-state index < -0.39 is 0 Å². The maximum absolute atomic E-state index is 4.41. The Morgan fingerprint density at radius 3 is 3.00 bits per heavy atom. The molecule has 3 rings (SSSR count). The van der Waals surface area contributed by atoms with Crippen molar-refractivity contribution < 1.29 is 0 Å². The van der Waals surface area contributed by atoms with Crippen molar-refractivity contribution in [1.82, 2.24) is 25.1 Å². The van der Waals surface area contributed by atoms with Crippen molar-refractivity contribution in [2.45, 2.75) is 0 Å². The van der Waals surface area contributed by atoms with Gasteiger partial charge in [-0.3, -0.25) is 10.1 Å². The fraction of sp³-hybridized carbons (Fsp3) is 0. The first kappa shape index (κ1) is 8.05. The second kappa shape index (κ2) is 3.13. The number of rotatable bonds is 1. The van der Waals surface area contributed by atoms with E-state index in [0.29, 0.717) is 5.65 Å². The van der Waals surface area contributed by atoms with Gasteiger partial charge >= 0.3 is 0 Å². The predicted octanol–water partition coefficient (Wildman–Crippen LogP) is 1.41. The smallest absolute Gasteiger partial charge is 0.174 e. The molecule has 0 saturated carbocycles. The summed E-state index contributed by atoms with van der Waals surface area (Å²) in [5, 5.41) is 6.63. The standard InChI is InChI=1S/C10H7N5/c1-2-7(4-11-3-1)8-5-12-10-9(14-8)6-13-15-10/h1-6H,(H,12,13,15). The molecule has 5 heteroatoms. The second-order valence-electron chi connectivity index (χ2n) is 3.10. The molecule has 0 aliphatic carbocycles. The van der Waals surface area contributed by atoms with E-state index in [0.717, 1.165) is 16.8 Å². The molecule has 0 fully saturated rings. The summed E-state index contributed by atoms with van der Waals surface area (Å²) in [4.78, 5) is 12.7. The van der Waals surface area contributed by atoms with Crippen molar-refractivity contribution in [2.24, 2.45) is 0 Å². The van der Waals surface area contributed by atoms with Crippen molar-refractivity contribution in [1.29, 1.82) is 0 Å². The topological polar surface area (TPSA) is 67.3 Å². The van der Waals surface area contributed by atoms with Crippen LogP contribution in [0, 0.1) is 0 Å². The Morgan fingerprint density at radius 2 is 2.13 bits per heavy atom. The molecule has 0 aliphatic heterocycles. The number of pyridine rings is 1. The zero-order chi connectivity index (χ0) is 10.1. The summed E-state index contributed by atoms with van der Waals surface area (Å²) in [6.45, 7) is 0. The average Bonchev–Trinajstić information content (AvgIpc) is 2.77. The highest BCUT2D eigenvalue weighted by Crippen LogP contribution is 2.16. The van der Waals surface area contributed by atoms with Gasteiger partial charge in [-0.25, -0.2) is 9.97 Å². The lowest BCUT2D eigenvalue weighted by Crippen LogP contribution is -1.87. The van der Waals surface area contributed by atoms with E-state index in [-0.39, 0.29) is 0 Å². The summed E-state index contributed by atoms with van der Waals surface area (Å²) >= 11 is 0. The van der Waals surface area contributed by atoms with E-state index in [1.807, 2.05) is 12.1 Å². The highest BCUT2D eigenvalue weighted by atomic mass is 15.1. The van der Waals surface area contributed by atoms with Gasteiger partial charge in [0.25, 0.3) is 0 Å². The van der Waals surface area contributed by atoms with Crippen LogP contribution in [0.2, 0.25) is 0 Å². The fourth-order valence-corrected chi connectivity index (χ4v) is 1.39. The van der Waals surface area contributed by atoms with Gasteiger partial charge in [-0.2, -0.15) is 5.10 Å². The Kier molecular flexibility index (Phi) is 1.68. The minimum atomic E-state index is 0.697. The van der Waals surface area contributed by atoms with Gasteiger partial charge in [0.15, 0.2) is 5.65 Å². The van der Waals surface area contributed by atoms with E-state index >= 15 is 0 Å². The van der Waals surface area contributed by atoms with E-state index in [2.05, 4.69) is 25.1 Å². The average molecular weight is 197 g/mol. The zero-order valence-electron chi connectivity index (χ0n) is 7.75. The van der Waals surface area contributed by atoms with Crippen LogP contribution in [-0.2, 0) is 0 Å². The molecule has 3 heterocycles. The predicted molar refractivity (Wildman–Crippen MR) is 54.9 cm³/mol. The summed E-state index contributed by atoms with van der Waals surface area (Å²) in [7, 11) is 0. The maximum atomic E-state index is 4.41. The highest BCUT2D eigenvalue weighted by Gasteiger charge is 2.02. The highest BCUT2D eigenvalue weighted by molar-refractivity contribution is 5.72. The van der Waals surface area contributed by atoms with Crippen LogP contribution in [-0.4, -0.2) is 25.1 Å². The molecule has 0 aliphatic rings. The van der Waals surface area contributed by atoms with Crippen molar-refractivity contribution in [3.63, 3.8) is 0 Å². The van der Waals surface area contributed by atoms with Crippen LogP contribution in [0.4, 0.5) is 0 Å². The Morgan fingerprint density at radius 1 is 1.13 bits per heavy atom. The molecule has 0 aromatic carbocycles. The van der Waals surface area contributed by atoms with Crippen molar-refractivity contribution in [3.05, 3.63) is 36.9 Å². The number of hydrogen-bond acceptors (Lipinski definition) is 4. The van der Waals surface area contributed by atoms with Gasteiger partial charge in [0.1, 0.15) is 5.52 Å². The number of hydrogen-bond donors (Lipinski definition) is 1. The van der Waals surface area contributed by atoms with Crippen molar-refractivity contribution in [3.8, 4) is 11.3 Å². The first-order valence-electron chi connectivity index (χ1n) is 4.50. The van der Waals surface area contributed by atoms with Gasteiger partial charge in [-0.15, -0.1) is 0 Å². The number of nitrogens with one attached hydrogen (secondary N) is 1. The number of fused-ring (bicyclic) bond motifs is 1. The lowest BCUT2D eigenvalue weighted by molar-refractivity contribution is 1.10. The third-order valence-electron chi connectivity index (χ3n) is 2.11. The second-order valence-corrected chi connectivity index (χ2v) is 3.10. The van der Waals surface area contributed by atoms with Crippen LogP contribution in [0.3, 0.4) is 0 Å². The van der Waals surface area contributed by atoms with E-state index in [4.69, 9.17) is 0 Å². The number of aromatic amines is 1. The largest absolute Gasteiger partial charge is 0.264 e. The molecule has 0 bridgehead atoms. The molecular formula is C10H7N5. The van der Waals surface area contributed by atoms with Gasteiger partial charge in [-0.1, -0.05) is 0 Å². The summed E-state index contributed by atoms with van der Waals surface area (Å²) < 4.78 is 0. The molecule has 3 aromatic rings. The van der Waals surface area contributed by atoms with Crippen LogP contribution in [0.1, 0.15) is 0 Å². The SMILES string of the molecule is c1cncc(-c2cnc3[nH]ncc3n2)c1. The Hall–Kier alpha value is -2.30. The zero-order valence-corrected chi connectivity index (χ0v) is 7.75. The normalized spacial score (nSPS) is 10.7. The number of H-pyrrole nitrogens is 1. The quantitative estimate of drug-likeness (QED) is 0.640. The van der Waals surface area contributed by atoms with E-state index in [1.54, 1.807) is 24.8 Å². The molecule has 0 amide bonds. The van der Waals surface area contributed by atoms with E-state index in [9.17, 15) is 0 Å². The molecule has 72 valence electrons. The molecule has 5 nitrogen and oxygen atoms in total. The van der Waals surface area contributed by atoms with Crippen LogP contribution in [0.15, 0.2) is 36.9 Å². The Bertz CT molecular complexity index is 587. The monoisotopic (exact) mass is 197 g/mol. The van der Waals surface area contributed by atoms with Crippen molar-refractivity contribution in [2.75, 3.05) is 0 Å². The van der Waals surface area contributed by atoms with Gasteiger partial charge in [-0.05, 0) is 12.1 Å². The Balaban J connectivity index is 2.19. The fourth-order valence-electron chi connectivity index (χ4n) is 1.39. The molecule has 0 radical (unpaired) electrons. The first-order chi connectivity index (χ1) is 7.43. The van der Waals surface area contributed by atoms with Crippen LogP contribution in [0.25, 0.3) is 22.4 Å². The summed E-state index contributed by atoms with van der Waals surface area (Å²) in [5.41, 5.74) is 3.21. The van der Waals surface area contributed by atoms with Crippen LogP contribution < -0.4 is 0 Å². The summed E-state index contributed by atoms with van der Waals surface area (Å²) in [6, 6.07) is 3.82. The van der Waals surface area contributed by atoms with Gasteiger partial charge in [0.2, 0.25) is 0 Å². The molecule has 15 heavy (non-hydrogen) atoms. The third-order valence-corrected chi connectivity index (χ3v) is 2.11. The lowest BCUT2D eigenvalue weighted by Gasteiger charge is -1.98. The molecule has 1 N–H and O–H groups in total. The van der Waals surface area contributed by atoms with Crippen molar-refractivity contribution >= 4 is 11.2 Å². The van der Waals surface area contributed by atoms with E-state index in [1.165, 1.54) is 0 Å². The van der Waals surface area contributed by atoms with Crippen LogP contribution in [0.5, 0.6) is 0 Å². The maximum Gasteiger partial charge on any atom is 0.174 e. The third kappa shape index (κ3) is 1.34. The molecule has 0 atom stereocenters. The first-order valence-corrected chi connectivity index (χ1v) is 4.50. The van der Waals surface area contributed by atoms with Gasteiger partial charge < -0.3 is 0 Å². The molecular weight excluding hydrogens is 190 g/mol. The van der Waals surface area contributed by atoms with Gasteiger partial charge in [0, 0.05) is 18.0 Å². The lowest BCUT2D eigenvalue weighted by atomic mass is 10.2. The number of nitrogens with zero attached hydrogens (tertiary/aromatic N) is 4. The Labute approximate surface area is 85.2 Å².